The van der Waals surface area contributed by atoms with Gasteiger partial charge < -0.3 is 5.41 Å². The number of rotatable bonds is 7. The van der Waals surface area contributed by atoms with Gasteiger partial charge in [-0.05, 0) is 43.9 Å². The fourth-order valence-electron chi connectivity index (χ4n) is 1.36. The highest BCUT2D eigenvalue weighted by Gasteiger charge is 2.05. The first kappa shape index (κ1) is 16.3. The molecule has 1 N–H and O–H groups in total. The van der Waals surface area contributed by atoms with Gasteiger partial charge in [-0.1, -0.05) is 32.2 Å². The van der Waals surface area contributed by atoms with E-state index in [2.05, 4.69) is 25.1 Å². The lowest BCUT2D eigenvalue weighted by atomic mass is 10.0. The maximum absolute atomic E-state index is 7.23. The van der Waals surface area contributed by atoms with E-state index in [-0.39, 0.29) is 0 Å². The highest BCUT2D eigenvalue weighted by Crippen LogP contribution is 2.21. The summed E-state index contributed by atoms with van der Waals surface area (Å²) >= 11 is 0. The summed E-state index contributed by atoms with van der Waals surface area (Å²) in [4.78, 5) is 4.64. The third-order valence-electron chi connectivity index (χ3n) is 2.83. The Morgan fingerprint density at radius 1 is 1.28 bits per heavy atom. The molecule has 0 radical (unpaired) electrons. The van der Waals surface area contributed by atoms with E-state index in [4.69, 9.17) is 5.41 Å². The summed E-state index contributed by atoms with van der Waals surface area (Å²) in [6.45, 7) is 15.8. The van der Waals surface area contributed by atoms with E-state index < -0.39 is 0 Å². The standard InChI is InChI=1S/C16H24N2/c1-7-9-13(4)15(6)16(10-12(3)11-17)18-14(5)8-2/h7,9,11,17H,1,3,8,10H2,2,4-6H3/b13-9+,16-15-,17-11?,18-14?. The highest BCUT2D eigenvalue weighted by molar-refractivity contribution is 5.83. The summed E-state index contributed by atoms with van der Waals surface area (Å²) in [6.07, 6.45) is 6.58. The van der Waals surface area contributed by atoms with Crippen LogP contribution in [0.3, 0.4) is 0 Å². The van der Waals surface area contributed by atoms with Gasteiger partial charge in [-0.2, -0.15) is 0 Å². The van der Waals surface area contributed by atoms with Crippen molar-refractivity contribution in [2.45, 2.75) is 40.5 Å². The molecule has 2 nitrogen and oxygen atoms in total. The molecule has 0 aliphatic carbocycles. The molecule has 0 heterocycles. The molecule has 0 rings (SSSR count). The normalized spacial score (nSPS) is 14.0. The van der Waals surface area contributed by atoms with Crippen molar-refractivity contribution in [2.75, 3.05) is 0 Å². The molecule has 0 bridgehead atoms. The molecule has 0 spiro atoms. The van der Waals surface area contributed by atoms with Gasteiger partial charge in [0.25, 0.3) is 0 Å². The Kier molecular flexibility index (Phi) is 7.61. The molecule has 0 atom stereocenters. The fourth-order valence-corrected chi connectivity index (χ4v) is 1.36. The van der Waals surface area contributed by atoms with Crippen molar-refractivity contribution in [2.24, 2.45) is 4.99 Å². The first-order valence-corrected chi connectivity index (χ1v) is 6.18. The summed E-state index contributed by atoms with van der Waals surface area (Å²) in [5, 5.41) is 7.23. The number of hydrogen-bond donors (Lipinski definition) is 1. The molecule has 0 aromatic heterocycles. The van der Waals surface area contributed by atoms with E-state index in [1.54, 1.807) is 6.08 Å². The zero-order valence-electron chi connectivity index (χ0n) is 12.0. The third-order valence-corrected chi connectivity index (χ3v) is 2.83. The second kappa shape index (κ2) is 8.40. The second-order valence-electron chi connectivity index (χ2n) is 4.34. The SMILES string of the molecule is C=C/C=C(C)/C(C)=C(/CC(=C)C=N)N=C(C)CC. The molecule has 0 saturated carbocycles. The van der Waals surface area contributed by atoms with Crippen molar-refractivity contribution >= 4 is 11.9 Å². The van der Waals surface area contributed by atoms with Gasteiger partial charge >= 0.3 is 0 Å². The van der Waals surface area contributed by atoms with E-state index in [1.807, 2.05) is 26.8 Å². The smallest absolute Gasteiger partial charge is 0.0478 e. The van der Waals surface area contributed by atoms with Crippen LogP contribution in [0.1, 0.15) is 40.5 Å². The molecule has 0 unspecified atom stereocenters. The molecule has 0 aromatic rings. The average Bonchev–Trinajstić information content (AvgIpc) is 2.36. The van der Waals surface area contributed by atoms with Crippen LogP contribution in [0.25, 0.3) is 0 Å². The lowest BCUT2D eigenvalue weighted by Crippen LogP contribution is -1.96. The van der Waals surface area contributed by atoms with Crippen LogP contribution in [0.2, 0.25) is 0 Å². The fraction of sp³-hybridized carbons (Fsp3) is 0.375. The third kappa shape index (κ3) is 5.58. The average molecular weight is 244 g/mol. The molecule has 2 heteroatoms. The van der Waals surface area contributed by atoms with Crippen molar-refractivity contribution in [1.82, 2.24) is 0 Å². The molecule has 0 aliphatic rings. The van der Waals surface area contributed by atoms with Crippen LogP contribution in [0.5, 0.6) is 0 Å². The van der Waals surface area contributed by atoms with Gasteiger partial charge in [-0.15, -0.1) is 0 Å². The Hall–Kier alpha value is -1.70. The van der Waals surface area contributed by atoms with E-state index >= 15 is 0 Å². The number of aliphatic imine (C=N–C) groups is 1. The Bertz CT molecular complexity index is 420. The Balaban J connectivity index is 5.50. The van der Waals surface area contributed by atoms with Crippen LogP contribution in [-0.2, 0) is 0 Å². The molecule has 0 saturated heterocycles. The maximum atomic E-state index is 7.23. The Labute approximate surface area is 111 Å². The van der Waals surface area contributed by atoms with Crippen molar-refractivity contribution in [3.8, 4) is 0 Å². The van der Waals surface area contributed by atoms with Gasteiger partial charge in [0.1, 0.15) is 0 Å². The second-order valence-corrected chi connectivity index (χ2v) is 4.34. The van der Waals surface area contributed by atoms with Crippen LogP contribution < -0.4 is 0 Å². The van der Waals surface area contributed by atoms with Gasteiger partial charge in [-0.25, -0.2) is 0 Å². The Morgan fingerprint density at radius 3 is 2.33 bits per heavy atom. The Morgan fingerprint density at radius 2 is 1.89 bits per heavy atom. The largest absolute Gasteiger partial charge is 0.308 e. The zero-order valence-corrected chi connectivity index (χ0v) is 12.0. The van der Waals surface area contributed by atoms with Crippen molar-refractivity contribution < 1.29 is 0 Å². The highest BCUT2D eigenvalue weighted by atomic mass is 14.8. The van der Waals surface area contributed by atoms with E-state index in [9.17, 15) is 0 Å². The van der Waals surface area contributed by atoms with Gasteiger partial charge in [-0.3, -0.25) is 4.99 Å². The van der Waals surface area contributed by atoms with Crippen LogP contribution in [-0.4, -0.2) is 11.9 Å². The van der Waals surface area contributed by atoms with E-state index in [1.165, 1.54) is 6.21 Å². The van der Waals surface area contributed by atoms with Crippen LogP contribution >= 0.6 is 0 Å². The predicted octanol–water partition coefficient (Wildman–Crippen LogP) is 4.86. The molecule has 98 valence electrons. The summed E-state index contributed by atoms with van der Waals surface area (Å²) in [5.74, 6) is 0. The van der Waals surface area contributed by atoms with Gasteiger partial charge in [0.15, 0.2) is 0 Å². The first-order chi connectivity index (χ1) is 8.46. The minimum Gasteiger partial charge on any atom is -0.308 e. The maximum Gasteiger partial charge on any atom is 0.0478 e. The molecule has 0 aromatic carbocycles. The first-order valence-electron chi connectivity index (χ1n) is 6.18. The summed E-state index contributed by atoms with van der Waals surface area (Å²) in [5.41, 5.74) is 5.12. The topological polar surface area (TPSA) is 36.2 Å². The van der Waals surface area contributed by atoms with Crippen LogP contribution in [0.4, 0.5) is 0 Å². The number of allylic oxidation sites excluding steroid dienone is 5. The van der Waals surface area contributed by atoms with Crippen molar-refractivity contribution in [1.29, 1.82) is 5.41 Å². The monoisotopic (exact) mass is 244 g/mol. The van der Waals surface area contributed by atoms with Gasteiger partial charge in [0, 0.05) is 24.0 Å². The number of nitrogens with one attached hydrogen (secondary N) is 1. The summed E-state index contributed by atoms with van der Waals surface area (Å²) < 4.78 is 0. The lowest BCUT2D eigenvalue weighted by Gasteiger charge is -2.10. The molecule has 0 fully saturated rings. The quantitative estimate of drug-likeness (QED) is 0.490. The van der Waals surface area contributed by atoms with Gasteiger partial charge in [0.05, 0.1) is 0 Å². The minimum absolute atomic E-state index is 0.620. The van der Waals surface area contributed by atoms with Crippen LogP contribution in [0, 0.1) is 5.41 Å². The number of hydrogen-bond acceptors (Lipinski definition) is 2. The van der Waals surface area contributed by atoms with Crippen molar-refractivity contribution in [3.63, 3.8) is 0 Å². The molecule has 18 heavy (non-hydrogen) atoms. The molecular weight excluding hydrogens is 220 g/mol. The summed E-state index contributed by atoms with van der Waals surface area (Å²) in [7, 11) is 0. The van der Waals surface area contributed by atoms with Crippen molar-refractivity contribution in [3.05, 3.63) is 47.7 Å². The number of nitrogens with zero attached hydrogens (tertiary/aromatic N) is 1. The van der Waals surface area contributed by atoms with Gasteiger partial charge in [0.2, 0.25) is 0 Å². The van der Waals surface area contributed by atoms with E-state index in [0.29, 0.717) is 6.42 Å². The lowest BCUT2D eigenvalue weighted by molar-refractivity contribution is 1.06. The summed E-state index contributed by atoms with van der Waals surface area (Å²) in [6, 6.07) is 0. The zero-order chi connectivity index (χ0) is 14.1. The molecular formula is C16H24N2. The molecule has 0 amide bonds. The van der Waals surface area contributed by atoms with Crippen LogP contribution in [0.15, 0.2) is 52.7 Å². The minimum atomic E-state index is 0.620. The van der Waals surface area contributed by atoms with E-state index in [0.717, 1.165) is 34.5 Å². The predicted molar refractivity (Wildman–Crippen MR) is 82.6 cm³/mol. The molecule has 0 aliphatic heterocycles.